The highest BCUT2D eigenvalue weighted by atomic mass is 35.5. The topological polar surface area (TPSA) is 105 Å². The number of aromatic carboxylic acids is 1. The summed E-state index contributed by atoms with van der Waals surface area (Å²) in [6, 6.07) is 14.5. The number of carbonyl (C=O) groups is 2. The highest BCUT2D eigenvalue weighted by molar-refractivity contribution is 6.30. The van der Waals surface area contributed by atoms with Gasteiger partial charge in [0.25, 0.3) is 0 Å². The van der Waals surface area contributed by atoms with E-state index in [0.717, 1.165) is 24.8 Å². The van der Waals surface area contributed by atoms with Crippen LogP contribution in [-0.4, -0.2) is 64.6 Å². The zero-order valence-electron chi connectivity index (χ0n) is 21.8. The number of hydrogen-bond acceptors (Lipinski definition) is 7. The first-order valence-corrected chi connectivity index (χ1v) is 13.4. The number of nitrogens with zero attached hydrogens (tertiary/aromatic N) is 4. The Morgan fingerprint density at radius 2 is 1.90 bits per heavy atom. The Balaban J connectivity index is 1.34. The van der Waals surface area contributed by atoms with Crippen molar-refractivity contribution in [2.45, 2.75) is 38.3 Å². The van der Waals surface area contributed by atoms with Gasteiger partial charge in [-0.2, -0.15) is 0 Å². The van der Waals surface area contributed by atoms with Crippen molar-refractivity contribution in [1.29, 1.82) is 0 Å². The zero-order valence-corrected chi connectivity index (χ0v) is 22.5. The summed E-state index contributed by atoms with van der Waals surface area (Å²) in [7, 11) is 1.62. The van der Waals surface area contributed by atoms with E-state index in [1.807, 2.05) is 29.2 Å². The van der Waals surface area contributed by atoms with Gasteiger partial charge in [0, 0.05) is 36.4 Å². The first-order chi connectivity index (χ1) is 18.9. The van der Waals surface area contributed by atoms with Crippen LogP contribution in [0.3, 0.4) is 0 Å². The lowest BCUT2D eigenvalue weighted by Gasteiger charge is -2.30. The number of carboxylic acid groups (broad SMARTS) is 1. The van der Waals surface area contributed by atoms with Crippen LogP contribution in [0.15, 0.2) is 54.7 Å². The number of anilines is 1. The van der Waals surface area contributed by atoms with E-state index in [9.17, 15) is 14.7 Å². The summed E-state index contributed by atoms with van der Waals surface area (Å²) in [5.41, 5.74) is 1.16. The van der Waals surface area contributed by atoms with Crippen LogP contribution in [0.5, 0.6) is 11.5 Å². The second-order valence-electron chi connectivity index (χ2n) is 9.88. The number of carboxylic acids is 1. The molecule has 39 heavy (non-hydrogen) atoms. The summed E-state index contributed by atoms with van der Waals surface area (Å²) in [6.07, 6.45) is 4.65. The van der Waals surface area contributed by atoms with E-state index in [2.05, 4.69) is 14.9 Å². The molecule has 0 saturated carbocycles. The molecule has 9 nitrogen and oxygen atoms in total. The number of ether oxygens (including phenoxy) is 2. The van der Waals surface area contributed by atoms with Gasteiger partial charge in [0.1, 0.15) is 23.7 Å². The van der Waals surface area contributed by atoms with Crippen molar-refractivity contribution < 1.29 is 24.2 Å². The Labute approximate surface area is 232 Å². The van der Waals surface area contributed by atoms with E-state index >= 15 is 0 Å². The average molecular weight is 551 g/mol. The number of rotatable bonds is 8. The molecule has 204 valence electrons. The van der Waals surface area contributed by atoms with Crippen molar-refractivity contribution in [3.63, 3.8) is 0 Å². The third kappa shape index (κ3) is 6.09. The van der Waals surface area contributed by atoms with Crippen molar-refractivity contribution in [1.82, 2.24) is 14.9 Å². The molecule has 2 saturated heterocycles. The Hall–Kier alpha value is -3.85. The molecule has 5 rings (SSSR count). The zero-order chi connectivity index (χ0) is 27.4. The van der Waals surface area contributed by atoms with Crippen molar-refractivity contribution in [2.24, 2.45) is 5.92 Å². The molecule has 2 aromatic carbocycles. The number of aromatic nitrogens is 2. The second kappa shape index (κ2) is 11.9. The van der Waals surface area contributed by atoms with Crippen LogP contribution in [0.1, 0.15) is 40.9 Å². The van der Waals surface area contributed by atoms with Gasteiger partial charge in [-0.3, -0.25) is 4.79 Å². The van der Waals surface area contributed by atoms with Crippen molar-refractivity contribution in [3.8, 4) is 11.5 Å². The molecule has 0 spiro atoms. The molecule has 3 heterocycles. The van der Waals surface area contributed by atoms with E-state index in [-0.39, 0.29) is 36.5 Å². The summed E-state index contributed by atoms with van der Waals surface area (Å²) in [5, 5.41) is 10.3. The molecule has 2 fully saturated rings. The minimum Gasteiger partial charge on any atom is -0.496 e. The standard InChI is InChI=1S/C29H31ClN4O5/c1-38-26-8-3-2-6-19(26)14-27(35)34-13-5-4-7-20-16-33(17-25(20)34)29-31-15-23(28(36)37)24(32-29)18-39-22-11-9-21(30)10-12-22/h2-3,6,8-12,15,20,25H,4-5,7,13-14,16-18H2,1H3,(H,36,37)/t20-,25+/m1/s1. The molecular formula is C29H31ClN4O5. The third-order valence-electron chi connectivity index (χ3n) is 7.44. The van der Waals surface area contributed by atoms with Crippen LogP contribution in [0, 0.1) is 5.92 Å². The summed E-state index contributed by atoms with van der Waals surface area (Å²) >= 11 is 5.95. The molecule has 2 aliphatic heterocycles. The lowest BCUT2D eigenvalue weighted by Crippen LogP contribution is -2.45. The number of hydrogen-bond donors (Lipinski definition) is 1. The Morgan fingerprint density at radius 1 is 1.10 bits per heavy atom. The van der Waals surface area contributed by atoms with Crippen molar-refractivity contribution in [3.05, 3.63) is 76.6 Å². The van der Waals surface area contributed by atoms with Gasteiger partial charge in [0.2, 0.25) is 11.9 Å². The molecule has 0 radical (unpaired) electrons. The lowest BCUT2D eigenvalue weighted by atomic mass is 9.98. The molecule has 1 N–H and O–H groups in total. The maximum Gasteiger partial charge on any atom is 0.339 e. The Bertz CT molecular complexity index is 1340. The number of fused-ring (bicyclic) bond motifs is 1. The van der Waals surface area contributed by atoms with Crippen LogP contribution in [0.4, 0.5) is 5.95 Å². The Morgan fingerprint density at radius 3 is 2.67 bits per heavy atom. The predicted molar refractivity (Wildman–Crippen MR) is 147 cm³/mol. The maximum atomic E-state index is 13.5. The second-order valence-corrected chi connectivity index (χ2v) is 10.3. The monoisotopic (exact) mass is 550 g/mol. The highest BCUT2D eigenvalue weighted by Gasteiger charge is 2.40. The summed E-state index contributed by atoms with van der Waals surface area (Å²) < 4.78 is 11.3. The molecule has 10 heteroatoms. The van der Waals surface area contributed by atoms with Gasteiger partial charge in [-0.1, -0.05) is 36.2 Å². The van der Waals surface area contributed by atoms with Gasteiger partial charge in [-0.05, 0) is 49.1 Å². The number of carbonyl (C=O) groups excluding carboxylic acids is 1. The van der Waals surface area contributed by atoms with Gasteiger partial charge in [0.15, 0.2) is 0 Å². The van der Waals surface area contributed by atoms with Gasteiger partial charge in [-0.15, -0.1) is 0 Å². The van der Waals surface area contributed by atoms with Crippen LogP contribution in [0.2, 0.25) is 5.02 Å². The van der Waals surface area contributed by atoms with E-state index in [1.54, 1.807) is 31.4 Å². The quantitative estimate of drug-likeness (QED) is 0.438. The largest absolute Gasteiger partial charge is 0.496 e. The normalized spacial score (nSPS) is 18.8. The third-order valence-corrected chi connectivity index (χ3v) is 7.69. The SMILES string of the molecule is COc1ccccc1CC(=O)N1CCCC[C@@H]2CN(c3ncc(C(=O)O)c(COc4ccc(Cl)cc4)n3)C[C@@H]21. The molecule has 2 atom stereocenters. The van der Waals surface area contributed by atoms with E-state index in [4.69, 9.17) is 21.1 Å². The van der Waals surface area contributed by atoms with Gasteiger partial charge < -0.3 is 24.4 Å². The molecule has 3 aromatic rings. The molecule has 1 amide bonds. The van der Waals surface area contributed by atoms with Gasteiger partial charge >= 0.3 is 5.97 Å². The first kappa shape index (κ1) is 26.7. The van der Waals surface area contributed by atoms with Crippen LogP contribution < -0.4 is 14.4 Å². The molecule has 0 unspecified atom stereocenters. The fraction of sp³-hybridized carbons (Fsp3) is 0.379. The number of likely N-dealkylation sites (tertiary alicyclic amines) is 1. The fourth-order valence-electron chi connectivity index (χ4n) is 5.46. The number of methoxy groups -OCH3 is 1. The summed E-state index contributed by atoms with van der Waals surface area (Å²) in [5.74, 6) is 0.966. The van der Waals surface area contributed by atoms with E-state index in [1.165, 1.54) is 6.20 Å². The van der Waals surface area contributed by atoms with E-state index < -0.39 is 5.97 Å². The number of benzene rings is 2. The van der Waals surface area contributed by atoms with Crippen molar-refractivity contribution in [2.75, 3.05) is 31.6 Å². The minimum absolute atomic E-state index is 0.00487. The molecule has 0 aliphatic carbocycles. The smallest absolute Gasteiger partial charge is 0.339 e. The van der Waals surface area contributed by atoms with Gasteiger partial charge in [-0.25, -0.2) is 14.8 Å². The number of para-hydroxylation sites is 1. The molecule has 2 aliphatic rings. The van der Waals surface area contributed by atoms with Crippen LogP contribution in [0.25, 0.3) is 0 Å². The van der Waals surface area contributed by atoms with Gasteiger partial charge in [0.05, 0.1) is 25.3 Å². The Kier molecular flexibility index (Phi) is 8.16. The lowest BCUT2D eigenvalue weighted by molar-refractivity contribution is -0.132. The van der Waals surface area contributed by atoms with Crippen molar-refractivity contribution >= 4 is 29.4 Å². The first-order valence-electron chi connectivity index (χ1n) is 13.1. The van der Waals surface area contributed by atoms with Crippen LogP contribution in [-0.2, 0) is 17.8 Å². The molecular weight excluding hydrogens is 520 g/mol. The molecule has 0 bridgehead atoms. The van der Waals surface area contributed by atoms with E-state index in [0.29, 0.717) is 47.8 Å². The maximum absolute atomic E-state index is 13.5. The predicted octanol–water partition coefficient (Wildman–Crippen LogP) is 4.48. The summed E-state index contributed by atoms with van der Waals surface area (Å²) in [6.45, 7) is 1.98. The average Bonchev–Trinajstić information content (AvgIpc) is 3.26. The molecule has 1 aromatic heterocycles. The summed E-state index contributed by atoms with van der Waals surface area (Å²) in [4.78, 5) is 38.4. The minimum atomic E-state index is -1.11. The highest BCUT2D eigenvalue weighted by Crippen LogP contribution is 2.33. The number of amides is 1. The van der Waals surface area contributed by atoms with Crippen LogP contribution >= 0.6 is 11.6 Å². The number of halogens is 1. The fourth-order valence-corrected chi connectivity index (χ4v) is 5.59.